The van der Waals surface area contributed by atoms with Crippen LogP contribution in [0.3, 0.4) is 0 Å². The molecule has 0 saturated carbocycles. The molecule has 2 aliphatic heterocycles. The summed E-state index contributed by atoms with van der Waals surface area (Å²) in [6, 6.07) is 23.2. The van der Waals surface area contributed by atoms with E-state index < -0.39 is 0 Å². The Balaban J connectivity index is 1.56. The van der Waals surface area contributed by atoms with E-state index in [0.29, 0.717) is 12.0 Å². The molecule has 3 heteroatoms. The predicted molar refractivity (Wildman–Crippen MR) is 116 cm³/mol. The van der Waals surface area contributed by atoms with E-state index in [2.05, 4.69) is 84.4 Å². The fourth-order valence-electron chi connectivity index (χ4n) is 4.75. The molecule has 28 heavy (non-hydrogen) atoms. The second kappa shape index (κ2) is 7.23. The number of hydrogen-bond acceptors (Lipinski definition) is 3. The van der Waals surface area contributed by atoms with E-state index in [-0.39, 0.29) is 0 Å². The van der Waals surface area contributed by atoms with Gasteiger partial charge in [0.2, 0.25) is 0 Å². The highest BCUT2D eigenvalue weighted by Gasteiger charge is 2.30. The molecule has 2 atom stereocenters. The first-order valence-electron chi connectivity index (χ1n) is 10.4. The molecule has 0 radical (unpaired) electrons. The minimum Gasteiger partial charge on any atom is -0.378 e. The van der Waals surface area contributed by atoms with E-state index in [1.807, 2.05) is 0 Å². The third kappa shape index (κ3) is 3.09. The van der Waals surface area contributed by atoms with Crippen molar-refractivity contribution in [3.05, 3.63) is 77.4 Å². The summed E-state index contributed by atoms with van der Waals surface area (Å²) in [4.78, 5) is 4.95. The molecular formula is C25H28N2O. The molecule has 0 aliphatic carbocycles. The summed E-state index contributed by atoms with van der Waals surface area (Å²) in [6.45, 7) is 7.01. The van der Waals surface area contributed by atoms with E-state index in [1.165, 1.54) is 33.2 Å². The number of nitrogens with zero attached hydrogens (tertiary/aromatic N) is 2. The van der Waals surface area contributed by atoms with Crippen molar-refractivity contribution in [1.29, 1.82) is 0 Å². The van der Waals surface area contributed by atoms with E-state index in [1.54, 1.807) is 0 Å². The summed E-state index contributed by atoms with van der Waals surface area (Å²) < 4.78 is 5.53. The third-order valence-corrected chi connectivity index (χ3v) is 6.58. The Labute approximate surface area is 167 Å². The third-order valence-electron chi connectivity index (χ3n) is 6.58. The van der Waals surface area contributed by atoms with Gasteiger partial charge in [-0.2, -0.15) is 0 Å². The van der Waals surface area contributed by atoms with Gasteiger partial charge in [-0.25, -0.2) is 0 Å². The maximum Gasteiger partial charge on any atom is 0.0642 e. The van der Waals surface area contributed by atoms with Crippen LogP contribution in [0.1, 0.15) is 35.6 Å². The molecule has 2 unspecified atom stereocenters. The minimum absolute atomic E-state index is 0.416. The van der Waals surface area contributed by atoms with Crippen LogP contribution >= 0.6 is 0 Å². The van der Waals surface area contributed by atoms with Crippen LogP contribution in [0.4, 0.5) is 5.69 Å². The van der Waals surface area contributed by atoms with Crippen molar-refractivity contribution in [2.75, 3.05) is 44.8 Å². The molecule has 2 heterocycles. The Morgan fingerprint density at radius 3 is 2.46 bits per heavy atom. The highest BCUT2D eigenvalue weighted by atomic mass is 16.5. The minimum atomic E-state index is 0.416. The van der Waals surface area contributed by atoms with Gasteiger partial charge >= 0.3 is 0 Å². The van der Waals surface area contributed by atoms with Crippen molar-refractivity contribution in [3.8, 4) is 0 Å². The van der Waals surface area contributed by atoms with Crippen LogP contribution in [-0.4, -0.2) is 44.8 Å². The summed E-state index contributed by atoms with van der Waals surface area (Å²) in [5.41, 5.74) is 5.70. The molecule has 0 bridgehead atoms. The van der Waals surface area contributed by atoms with E-state index >= 15 is 0 Å². The zero-order valence-electron chi connectivity index (χ0n) is 16.8. The average Bonchev–Trinajstić information content (AvgIpc) is 2.76. The van der Waals surface area contributed by atoms with E-state index in [9.17, 15) is 0 Å². The summed E-state index contributed by atoms with van der Waals surface area (Å²) in [5.74, 6) is 0.416. The molecule has 2 aliphatic rings. The summed E-state index contributed by atoms with van der Waals surface area (Å²) in [7, 11) is 2.25. The van der Waals surface area contributed by atoms with Crippen molar-refractivity contribution in [2.45, 2.75) is 18.9 Å². The highest BCUT2D eigenvalue weighted by Crippen LogP contribution is 2.40. The number of fused-ring (bicyclic) bond motifs is 2. The Morgan fingerprint density at radius 1 is 0.857 bits per heavy atom. The molecule has 0 spiro atoms. The van der Waals surface area contributed by atoms with Crippen LogP contribution in [0.5, 0.6) is 0 Å². The first-order valence-corrected chi connectivity index (χ1v) is 10.4. The number of rotatable bonds is 2. The van der Waals surface area contributed by atoms with Crippen molar-refractivity contribution in [3.63, 3.8) is 0 Å². The summed E-state index contributed by atoms with van der Waals surface area (Å²) in [6.07, 6.45) is 0. The van der Waals surface area contributed by atoms with Gasteiger partial charge in [-0.05, 0) is 53.6 Å². The lowest BCUT2D eigenvalue weighted by Crippen LogP contribution is -2.37. The Hall–Kier alpha value is -2.36. The zero-order valence-corrected chi connectivity index (χ0v) is 16.8. The lowest BCUT2D eigenvalue weighted by atomic mass is 9.81. The monoisotopic (exact) mass is 372 g/mol. The molecule has 3 aromatic carbocycles. The predicted octanol–water partition coefficient (Wildman–Crippen LogP) is 4.81. The van der Waals surface area contributed by atoms with Gasteiger partial charge in [-0.1, -0.05) is 48.5 Å². The quantitative estimate of drug-likeness (QED) is 0.642. The van der Waals surface area contributed by atoms with Gasteiger partial charge in [-0.15, -0.1) is 0 Å². The molecule has 0 aromatic heterocycles. The molecular weight excluding hydrogens is 344 g/mol. The smallest absolute Gasteiger partial charge is 0.0642 e. The fraction of sp³-hybridized carbons (Fsp3) is 0.360. The SMILES string of the molecule is CC1c2cc(N3CCOCC3)ccc2C(c2ccc3ccccc3c2)CN1C. The van der Waals surface area contributed by atoms with Gasteiger partial charge in [0.15, 0.2) is 0 Å². The second-order valence-corrected chi connectivity index (χ2v) is 8.19. The summed E-state index contributed by atoms with van der Waals surface area (Å²) >= 11 is 0. The van der Waals surface area contributed by atoms with Gasteiger partial charge in [0.25, 0.3) is 0 Å². The first kappa shape index (κ1) is 17.7. The Kier molecular flexibility index (Phi) is 4.58. The van der Waals surface area contributed by atoms with Crippen LogP contribution < -0.4 is 4.90 Å². The number of hydrogen-bond donors (Lipinski definition) is 0. The number of benzene rings is 3. The van der Waals surface area contributed by atoms with Crippen molar-refractivity contribution >= 4 is 16.5 Å². The topological polar surface area (TPSA) is 15.7 Å². The van der Waals surface area contributed by atoms with Crippen LogP contribution in [0, 0.1) is 0 Å². The molecule has 1 fully saturated rings. The van der Waals surface area contributed by atoms with Crippen molar-refractivity contribution < 1.29 is 4.74 Å². The van der Waals surface area contributed by atoms with Gasteiger partial charge < -0.3 is 9.64 Å². The van der Waals surface area contributed by atoms with Gasteiger partial charge in [0, 0.05) is 37.3 Å². The van der Waals surface area contributed by atoms with Gasteiger partial charge in [0.1, 0.15) is 0 Å². The van der Waals surface area contributed by atoms with Gasteiger partial charge in [-0.3, -0.25) is 4.90 Å². The molecule has 3 aromatic rings. The first-order chi connectivity index (χ1) is 13.7. The normalized spacial score (nSPS) is 23.0. The maximum absolute atomic E-state index is 5.53. The Bertz CT molecular complexity index is 993. The molecule has 0 amide bonds. The maximum atomic E-state index is 5.53. The lowest BCUT2D eigenvalue weighted by Gasteiger charge is -2.39. The lowest BCUT2D eigenvalue weighted by molar-refractivity contribution is 0.122. The van der Waals surface area contributed by atoms with E-state index in [4.69, 9.17) is 4.74 Å². The molecule has 144 valence electrons. The Morgan fingerprint density at radius 2 is 1.64 bits per heavy atom. The standard InChI is InChI=1S/C25H28N2O/c1-18-24-16-22(27-11-13-28-14-12-27)9-10-23(24)25(17-26(18)2)21-8-7-19-5-3-4-6-20(19)15-21/h3-10,15-16,18,25H,11-14,17H2,1-2H3. The second-order valence-electron chi connectivity index (χ2n) is 8.19. The summed E-state index contributed by atoms with van der Waals surface area (Å²) in [5, 5.41) is 2.64. The number of ether oxygens (including phenoxy) is 1. The zero-order chi connectivity index (χ0) is 19.1. The number of morpholine rings is 1. The van der Waals surface area contributed by atoms with Crippen LogP contribution in [0.2, 0.25) is 0 Å². The molecule has 5 rings (SSSR count). The molecule has 3 nitrogen and oxygen atoms in total. The number of likely N-dealkylation sites (N-methyl/N-ethyl adjacent to an activating group) is 1. The van der Waals surface area contributed by atoms with Crippen LogP contribution in [0.25, 0.3) is 10.8 Å². The highest BCUT2D eigenvalue weighted by molar-refractivity contribution is 5.83. The number of anilines is 1. The van der Waals surface area contributed by atoms with Crippen molar-refractivity contribution in [2.24, 2.45) is 0 Å². The van der Waals surface area contributed by atoms with Gasteiger partial charge in [0.05, 0.1) is 13.2 Å². The van der Waals surface area contributed by atoms with Crippen LogP contribution in [-0.2, 0) is 4.74 Å². The van der Waals surface area contributed by atoms with Crippen LogP contribution in [0.15, 0.2) is 60.7 Å². The molecule has 0 N–H and O–H groups in total. The average molecular weight is 373 g/mol. The van der Waals surface area contributed by atoms with Crippen molar-refractivity contribution in [1.82, 2.24) is 4.90 Å². The fourth-order valence-corrected chi connectivity index (χ4v) is 4.75. The molecule has 1 saturated heterocycles. The largest absolute Gasteiger partial charge is 0.378 e. The van der Waals surface area contributed by atoms with E-state index in [0.717, 1.165) is 32.8 Å².